The molecule has 0 bridgehead atoms. The van der Waals surface area contributed by atoms with E-state index in [4.69, 9.17) is 0 Å². The lowest BCUT2D eigenvalue weighted by atomic mass is 9.74. The molecule has 222 valence electrons. The lowest BCUT2D eigenvalue weighted by Gasteiger charge is -2.41. The van der Waals surface area contributed by atoms with Gasteiger partial charge in [0.1, 0.15) is 0 Å². The third-order valence-electron chi connectivity index (χ3n) is 9.07. The van der Waals surface area contributed by atoms with Crippen molar-refractivity contribution < 1.29 is 16.8 Å². The number of sulfonamides is 2. The Kier molecular flexibility index (Phi) is 6.16. The van der Waals surface area contributed by atoms with Gasteiger partial charge >= 0.3 is 0 Å². The van der Waals surface area contributed by atoms with E-state index in [1.54, 1.807) is 24.3 Å². The van der Waals surface area contributed by atoms with Crippen molar-refractivity contribution in [2.24, 2.45) is 0 Å². The van der Waals surface area contributed by atoms with E-state index in [9.17, 15) is 16.8 Å². The van der Waals surface area contributed by atoms with E-state index in [2.05, 4.69) is 27.7 Å². The lowest BCUT2D eigenvalue weighted by molar-refractivity contribution is 0.589. The average molecular weight is 621 g/mol. The van der Waals surface area contributed by atoms with Crippen molar-refractivity contribution in [2.45, 2.75) is 48.3 Å². The predicted molar refractivity (Wildman–Crippen MR) is 175 cm³/mol. The third-order valence-corrected chi connectivity index (χ3v) is 12.5. The summed E-state index contributed by atoms with van der Waals surface area (Å²) in [5, 5.41) is 0. The second-order valence-electron chi connectivity index (χ2n) is 12.3. The smallest absolute Gasteiger partial charge is 0.234 e. The molecular weight excluding hydrogens is 589 g/mol. The molecule has 0 spiro atoms. The highest BCUT2D eigenvalue weighted by molar-refractivity contribution is 7.94. The molecule has 2 aliphatic heterocycles. The highest BCUT2D eigenvalue weighted by Crippen LogP contribution is 2.52. The van der Waals surface area contributed by atoms with Crippen LogP contribution in [0.4, 0.5) is 22.7 Å². The number of benzene rings is 5. The van der Waals surface area contributed by atoms with Crippen molar-refractivity contribution in [3.8, 4) is 0 Å². The van der Waals surface area contributed by atoms with Gasteiger partial charge in [-0.1, -0.05) is 107 Å². The van der Waals surface area contributed by atoms with E-state index in [-0.39, 0.29) is 9.79 Å². The molecule has 0 saturated heterocycles. The van der Waals surface area contributed by atoms with Crippen molar-refractivity contribution >= 4 is 42.8 Å². The minimum atomic E-state index is -4.24. The van der Waals surface area contributed by atoms with Crippen LogP contribution in [0.15, 0.2) is 131 Å². The Morgan fingerprint density at radius 2 is 0.682 bits per heavy atom. The Hall–Kier alpha value is -4.40. The normalized spacial score (nSPS) is 16.4. The second kappa shape index (κ2) is 9.55. The number of fused-ring (bicyclic) bond motifs is 4. The highest BCUT2D eigenvalue weighted by atomic mass is 32.2. The molecule has 0 N–H and O–H groups in total. The van der Waals surface area contributed by atoms with Gasteiger partial charge in [0.2, 0.25) is 0 Å². The van der Waals surface area contributed by atoms with Crippen LogP contribution in [0.2, 0.25) is 0 Å². The van der Waals surface area contributed by atoms with Crippen molar-refractivity contribution in [2.75, 3.05) is 8.61 Å². The summed E-state index contributed by atoms with van der Waals surface area (Å²) >= 11 is 0. The molecule has 0 fully saturated rings. The summed E-state index contributed by atoms with van der Waals surface area (Å²) in [4.78, 5) is -0.219. The molecule has 0 unspecified atom stereocenters. The summed E-state index contributed by atoms with van der Waals surface area (Å²) in [7, 11) is -8.48. The van der Waals surface area contributed by atoms with Gasteiger partial charge in [-0.25, -0.2) is 25.4 Å². The first-order chi connectivity index (χ1) is 20.9. The van der Waals surface area contributed by atoms with Crippen LogP contribution in [0, 0.1) is 0 Å². The molecule has 6 nitrogen and oxygen atoms in total. The number of hydrogen-bond donors (Lipinski definition) is 0. The summed E-state index contributed by atoms with van der Waals surface area (Å²) in [6.45, 7) is 8.32. The first-order valence-corrected chi connectivity index (χ1v) is 17.3. The van der Waals surface area contributed by atoms with Crippen molar-refractivity contribution in [1.29, 1.82) is 0 Å². The van der Waals surface area contributed by atoms with Crippen LogP contribution < -0.4 is 8.61 Å². The van der Waals surface area contributed by atoms with Crippen LogP contribution in [0.5, 0.6) is 0 Å². The number of para-hydroxylation sites is 4. The summed E-state index contributed by atoms with van der Waals surface area (Å²) in [6.07, 6.45) is 0. The number of nitrogens with zero attached hydrogens (tertiary/aromatic N) is 2. The van der Waals surface area contributed by atoms with E-state index in [1.807, 2.05) is 72.8 Å². The van der Waals surface area contributed by atoms with Gasteiger partial charge in [-0.05, 0) is 64.7 Å². The molecule has 0 atom stereocenters. The molecular formula is C36H32N2O4S2. The molecule has 5 aromatic carbocycles. The van der Waals surface area contributed by atoms with Gasteiger partial charge in [-0.3, -0.25) is 0 Å². The second-order valence-corrected chi connectivity index (χ2v) is 15.9. The van der Waals surface area contributed by atoms with Crippen LogP contribution in [-0.4, -0.2) is 16.8 Å². The van der Waals surface area contributed by atoms with Crippen molar-refractivity contribution in [1.82, 2.24) is 0 Å². The molecule has 8 heteroatoms. The van der Waals surface area contributed by atoms with E-state index < -0.39 is 30.9 Å². The number of rotatable bonds is 4. The van der Waals surface area contributed by atoms with Crippen LogP contribution in [0.3, 0.4) is 0 Å². The fourth-order valence-electron chi connectivity index (χ4n) is 6.79. The van der Waals surface area contributed by atoms with Gasteiger partial charge in [0.25, 0.3) is 20.0 Å². The third kappa shape index (κ3) is 3.90. The van der Waals surface area contributed by atoms with E-state index in [0.29, 0.717) is 22.7 Å². The molecule has 0 amide bonds. The van der Waals surface area contributed by atoms with Gasteiger partial charge in [0, 0.05) is 10.8 Å². The first-order valence-electron chi connectivity index (χ1n) is 14.5. The zero-order valence-electron chi connectivity index (χ0n) is 24.9. The van der Waals surface area contributed by atoms with Gasteiger partial charge in [0.05, 0.1) is 32.5 Å². The summed E-state index contributed by atoms with van der Waals surface area (Å²) in [5.41, 5.74) is 4.79. The molecule has 2 heterocycles. The molecule has 44 heavy (non-hydrogen) atoms. The minimum Gasteiger partial charge on any atom is -0.234 e. The van der Waals surface area contributed by atoms with Crippen LogP contribution >= 0.6 is 0 Å². The standard InChI is InChI=1S/C36H32N2O4S2/c1-35(2)27-16-5-9-20-31(27)37(32-21-10-6-17-28(32)35)43(39,40)25-14-13-15-26(24-25)44(41,42)38-33-22-11-7-18-29(33)36(3,4)30-19-8-12-23-34(30)38/h5-24H,1-4H3. The van der Waals surface area contributed by atoms with Gasteiger partial charge in [0.15, 0.2) is 0 Å². The lowest BCUT2D eigenvalue weighted by Crippen LogP contribution is -2.37. The first kappa shape index (κ1) is 28.4. The molecule has 7 rings (SSSR count). The van der Waals surface area contributed by atoms with Crippen LogP contribution in [0.25, 0.3) is 0 Å². The van der Waals surface area contributed by atoms with Crippen LogP contribution in [0.1, 0.15) is 49.9 Å². The zero-order chi connectivity index (χ0) is 31.1. The van der Waals surface area contributed by atoms with Crippen molar-refractivity contribution in [3.05, 3.63) is 144 Å². The fraction of sp³-hybridized carbons (Fsp3) is 0.167. The maximum Gasteiger partial charge on any atom is 0.268 e. The highest BCUT2D eigenvalue weighted by Gasteiger charge is 2.43. The zero-order valence-corrected chi connectivity index (χ0v) is 26.5. The Morgan fingerprint density at radius 3 is 0.977 bits per heavy atom. The molecule has 5 aromatic rings. The number of hydrogen-bond acceptors (Lipinski definition) is 4. The summed E-state index contributed by atoms with van der Waals surface area (Å²) in [5.74, 6) is 0. The summed E-state index contributed by atoms with van der Waals surface area (Å²) in [6, 6.07) is 35.6. The van der Waals surface area contributed by atoms with E-state index in [0.717, 1.165) is 22.3 Å². The average Bonchev–Trinajstić information content (AvgIpc) is 3.01. The largest absolute Gasteiger partial charge is 0.268 e. The topological polar surface area (TPSA) is 74.8 Å². The number of anilines is 4. The molecule has 0 radical (unpaired) electrons. The van der Waals surface area contributed by atoms with Crippen molar-refractivity contribution in [3.63, 3.8) is 0 Å². The fourth-order valence-corrected chi connectivity index (χ4v) is 10.0. The molecule has 0 aromatic heterocycles. The SMILES string of the molecule is CC1(C)c2ccccc2N(S(=O)(=O)c2cccc(S(=O)(=O)N3c4ccccc4C(C)(C)c4ccccc43)c2)c2ccccc21. The molecule has 2 aliphatic rings. The summed E-state index contributed by atoms with van der Waals surface area (Å²) < 4.78 is 61.0. The van der Waals surface area contributed by atoms with Gasteiger partial charge in [-0.15, -0.1) is 0 Å². The Labute approximate surface area is 259 Å². The predicted octanol–water partition coefficient (Wildman–Crippen LogP) is 8.02. The maximum absolute atomic E-state index is 14.6. The monoisotopic (exact) mass is 620 g/mol. The Bertz CT molecular complexity index is 1940. The van der Waals surface area contributed by atoms with Gasteiger partial charge in [-0.2, -0.15) is 0 Å². The van der Waals surface area contributed by atoms with E-state index >= 15 is 0 Å². The Balaban J connectivity index is 1.40. The quantitative estimate of drug-likeness (QED) is 0.204. The Morgan fingerprint density at radius 1 is 0.409 bits per heavy atom. The minimum absolute atomic E-state index is 0.109. The molecule has 0 saturated carbocycles. The maximum atomic E-state index is 14.6. The van der Waals surface area contributed by atoms with E-state index in [1.165, 1.54) is 32.9 Å². The van der Waals surface area contributed by atoms with Gasteiger partial charge < -0.3 is 0 Å². The van der Waals surface area contributed by atoms with Crippen LogP contribution in [-0.2, 0) is 30.9 Å². The molecule has 0 aliphatic carbocycles.